The molecule has 1 N–H and O–H groups in total. The first-order valence-corrected chi connectivity index (χ1v) is 7.99. The van der Waals surface area contributed by atoms with Gasteiger partial charge < -0.3 is 19.1 Å². The number of rotatable bonds is 2. The van der Waals surface area contributed by atoms with Crippen molar-refractivity contribution in [2.45, 2.75) is 18.6 Å². The lowest BCUT2D eigenvalue weighted by molar-refractivity contribution is -0.925. The molecule has 4 heteroatoms. The minimum Gasteiger partial charge on any atom is -0.508 e. The Kier molecular flexibility index (Phi) is 3.07. The molecule has 4 rings (SSSR count). The van der Waals surface area contributed by atoms with Gasteiger partial charge in [0.25, 0.3) is 0 Å². The number of hydrogen-bond donors (Lipinski definition) is 1. The van der Waals surface area contributed by atoms with Crippen molar-refractivity contribution in [1.82, 2.24) is 0 Å². The zero-order valence-electron chi connectivity index (χ0n) is 13.7. The summed E-state index contributed by atoms with van der Waals surface area (Å²) in [7, 11) is 6.21. The third-order valence-electron chi connectivity index (χ3n) is 5.23. The fourth-order valence-electron chi connectivity index (χ4n) is 3.97. The third kappa shape index (κ3) is 2.09. The van der Waals surface area contributed by atoms with Gasteiger partial charge in [0.15, 0.2) is 23.6 Å². The maximum Gasteiger partial charge on any atom is 0.180 e. The van der Waals surface area contributed by atoms with E-state index in [4.69, 9.17) is 9.47 Å². The Bertz CT molecular complexity index is 752. The highest BCUT2D eigenvalue weighted by Crippen LogP contribution is 2.56. The first kappa shape index (κ1) is 14.4. The second-order valence-electron chi connectivity index (χ2n) is 7.00. The van der Waals surface area contributed by atoms with E-state index in [0.29, 0.717) is 0 Å². The number of nitrogens with zero attached hydrogens (tertiary/aromatic N) is 1. The predicted molar refractivity (Wildman–Crippen MR) is 87.9 cm³/mol. The number of phenolic OH excluding ortho intramolecular Hbond substituents is 1. The quantitative estimate of drug-likeness (QED) is 0.866. The standard InChI is InChI=1S/C19H21NO3/c1-20(2)11-10-12-6-9-15(22-3)19-16(12)17(20)18(23-19)13-4-7-14(21)8-5-13/h4-9,17-18H,10-11H2,1-3H3/p+1. The van der Waals surface area contributed by atoms with Crippen molar-refractivity contribution in [3.8, 4) is 17.2 Å². The molecule has 2 aromatic rings. The van der Waals surface area contributed by atoms with Gasteiger partial charge in [-0.05, 0) is 29.3 Å². The third-order valence-corrected chi connectivity index (χ3v) is 5.23. The van der Waals surface area contributed by atoms with Gasteiger partial charge in [-0.3, -0.25) is 0 Å². The summed E-state index contributed by atoms with van der Waals surface area (Å²) in [5, 5.41) is 9.57. The molecular weight excluding hydrogens is 290 g/mol. The van der Waals surface area contributed by atoms with Crippen molar-refractivity contribution in [2.24, 2.45) is 0 Å². The van der Waals surface area contributed by atoms with E-state index in [1.165, 1.54) is 11.1 Å². The first-order valence-electron chi connectivity index (χ1n) is 7.99. The molecular formula is C19H22NO3+. The molecule has 2 aliphatic heterocycles. The van der Waals surface area contributed by atoms with Gasteiger partial charge in [-0.2, -0.15) is 0 Å². The van der Waals surface area contributed by atoms with Crippen LogP contribution in [0.25, 0.3) is 0 Å². The van der Waals surface area contributed by atoms with Crippen LogP contribution in [0.3, 0.4) is 0 Å². The van der Waals surface area contributed by atoms with Gasteiger partial charge in [-0.15, -0.1) is 0 Å². The normalized spacial score (nSPS) is 24.0. The van der Waals surface area contributed by atoms with Crippen LogP contribution >= 0.6 is 0 Å². The lowest BCUT2D eigenvalue weighted by atomic mass is 9.87. The van der Waals surface area contributed by atoms with Crippen LogP contribution in [-0.4, -0.2) is 37.3 Å². The summed E-state index contributed by atoms with van der Waals surface area (Å²) in [6.45, 7) is 1.08. The molecule has 0 spiro atoms. The van der Waals surface area contributed by atoms with E-state index in [1.807, 2.05) is 18.2 Å². The summed E-state index contributed by atoms with van der Waals surface area (Å²) in [5.41, 5.74) is 3.74. The zero-order chi connectivity index (χ0) is 16.2. The summed E-state index contributed by atoms with van der Waals surface area (Å²) in [5.74, 6) is 1.97. The topological polar surface area (TPSA) is 38.7 Å². The Labute approximate surface area is 136 Å². The molecule has 2 aliphatic rings. The van der Waals surface area contributed by atoms with Gasteiger partial charge in [0.1, 0.15) is 5.75 Å². The van der Waals surface area contributed by atoms with Gasteiger partial charge in [-0.25, -0.2) is 0 Å². The minimum absolute atomic E-state index is 0.0593. The summed E-state index contributed by atoms with van der Waals surface area (Å²) >= 11 is 0. The number of hydrogen-bond acceptors (Lipinski definition) is 3. The molecule has 2 unspecified atom stereocenters. The van der Waals surface area contributed by atoms with Crippen molar-refractivity contribution in [2.75, 3.05) is 27.7 Å². The molecule has 2 atom stereocenters. The number of quaternary nitrogens is 1. The van der Waals surface area contributed by atoms with Crippen LogP contribution in [0.1, 0.15) is 28.8 Å². The summed E-state index contributed by atoms with van der Waals surface area (Å²) in [4.78, 5) is 0. The molecule has 0 bridgehead atoms. The van der Waals surface area contributed by atoms with Gasteiger partial charge in [0.05, 0.1) is 33.3 Å². The van der Waals surface area contributed by atoms with E-state index in [0.717, 1.165) is 34.5 Å². The molecule has 0 radical (unpaired) electrons. The van der Waals surface area contributed by atoms with Gasteiger partial charge in [0, 0.05) is 6.42 Å². The molecule has 0 aliphatic carbocycles. The smallest absolute Gasteiger partial charge is 0.180 e. The lowest BCUT2D eigenvalue weighted by Crippen LogP contribution is -2.48. The number of methoxy groups -OCH3 is 1. The van der Waals surface area contributed by atoms with E-state index in [1.54, 1.807) is 19.2 Å². The molecule has 120 valence electrons. The zero-order valence-corrected chi connectivity index (χ0v) is 13.7. The van der Waals surface area contributed by atoms with Crippen LogP contribution in [0, 0.1) is 0 Å². The van der Waals surface area contributed by atoms with E-state index < -0.39 is 0 Å². The average Bonchev–Trinajstić information content (AvgIpc) is 2.94. The van der Waals surface area contributed by atoms with Crippen LogP contribution in [0.2, 0.25) is 0 Å². The lowest BCUT2D eigenvalue weighted by Gasteiger charge is -2.41. The number of ether oxygens (including phenoxy) is 2. The summed E-state index contributed by atoms with van der Waals surface area (Å²) in [6.07, 6.45) is 0.998. The molecule has 4 nitrogen and oxygen atoms in total. The maximum absolute atomic E-state index is 9.57. The van der Waals surface area contributed by atoms with Crippen LogP contribution < -0.4 is 9.47 Å². The first-order chi connectivity index (χ1) is 11.0. The Hall–Kier alpha value is -2.20. The molecule has 0 fully saturated rings. The summed E-state index contributed by atoms with van der Waals surface area (Å²) < 4.78 is 12.8. The second kappa shape index (κ2) is 4.90. The van der Waals surface area contributed by atoms with Crippen molar-refractivity contribution in [1.29, 1.82) is 0 Å². The number of aromatic hydroxyl groups is 1. The fourth-order valence-corrected chi connectivity index (χ4v) is 3.97. The molecule has 0 saturated carbocycles. The largest absolute Gasteiger partial charge is 0.508 e. The predicted octanol–water partition coefficient (Wildman–Crippen LogP) is 3.21. The number of phenols is 1. The Balaban J connectivity index is 1.88. The molecule has 23 heavy (non-hydrogen) atoms. The van der Waals surface area contributed by atoms with Crippen molar-refractivity contribution in [3.63, 3.8) is 0 Å². The van der Waals surface area contributed by atoms with E-state index in [9.17, 15) is 5.11 Å². The highest BCUT2D eigenvalue weighted by molar-refractivity contribution is 5.56. The van der Waals surface area contributed by atoms with Crippen LogP contribution in [0.15, 0.2) is 36.4 Å². The highest BCUT2D eigenvalue weighted by Gasteiger charge is 2.50. The van der Waals surface area contributed by atoms with E-state index in [-0.39, 0.29) is 17.9 Å². The highest BCUT2D eigenvalue weighted by atomic mass is 16.5. The molecule has 0 saturated heterocycles. The molecule has 0 amide bonds. The monoisotopic (exact) mass is 312 g/mol. The van der Waals surface area contributed by atoms with Gasteiger partial charge in [0.2, 0.25) is 0 Å². The summed E-state index contributed by atoms with van der Waals surface area (Å²) in [6, 6.07) is 11.8. The minimum atomic E-state index is -0.0593. The van der Waals surface area contributed by atoms with Crippen molar-refractivity contribution < 1.29 is 19.1 Å². The molecule has 2 heterocycles. The van der Waals surface area contributed by atoms with Gasteiger partial charge in [-0.1, -0.05) is 18.2 Å². The number of benzene rings is 2. The maximum atomic E-state index is 9.57. The van der Waals surface area contributed by atoms with Crippen LogP contribution in [0.5, 0.6) is 17.2 Å². The van der Waals surface area contributed by atoms with Gasteiger partial charge >= 0.3 is 0 Å². The second-order valence-corrected chi connectivity index (χ2v) is 7.00. The molecule has 0 aromatic heterocycles. The average molecular weight is 312 g/mol. The SMILES string of the molecule is COc1ccc2c3c1OC(c1ccc(O)cc1)C3[N+](C)(C)CC2. The van der Waals surface area contributed by atoms with E-state index >= 15 is 0 Å². The fraction of sp³-hybridized carbons (Fsp3) is 0.368. The Morgan fingerprint density at radius 3 is 2.57 bits per heavy atom. The van der Waals surface area contributed by atoms with Crippen LogP contribution in [-0.2, 0) is 6.42 Å². The Morgan fingerprint density at radius 1 is 1.13 bits per heavy atom. The Morgan fingerprint density at radius 2 is 1.87 bits per heavy atom. The van der Waals surface area contributed by atoms with Crippen molar-refractivity contribution in [3.05, 3.63) is 53.1 Å². The van der Waals surface area contributed by atoms with Crippen LogP contribution in [0.4, 0.5) is 0 Å². The van der Waals surface area contributed by atoms with E-state index in [2.05, 4.69) is 20.2 Å². The van der Waals surface area contributed by atoms with Crippen molar-refractivity contribution >= 4 is 0 Å². The number of likely N-dealkylation sites (N-methyl/N-ethyl adjacent to an activating group) is 1. The molecule has 2 aromatic carbocycles.